The molecule has 0 saturated carbocycles. The van der Waals surface area contributed by atoms with E-state index in [2.05, 4.69) is 36.6 Å². The molecule has 31 heavy (non-hydrogen) atoms. The maximum Gasteiger partial charge on any atom is 0.213 e. The van der Waals surface area contributed by atoms with Gasteiger partial charge in [-0.15, -0.1) is 24.0 Å². The van der Waals surface area contributed by atoms with Crippen LogP contribution in [0.4, 0.5) is 0 Å². The van der Waals surface area contributed by atoms with Crippen molar-refractivity contribution in [1.82, 2.24) is 14.9 Å². The Morgan fingerprint density at radius 1 is 1.19 bits per heavy atom. The quantitative estimate of drug-likeness (QED) is 0.258. The number of nitrogens with zero attached hydrogens (tertiary/aromatic N) is 2. The summed E-state index contributed by atoms with van der Waals surface area (Å²) in [4.78, 5) is 4.70. The highest BCUT2D eigenvalue weighted by atomic mass is 127. The summed E-state index contributed by atoms with van der Waals surface area (Å²) in [7, 11) is -3.09. The van der Waals surface area contributed by atoms with E-state index < -0.39 is 10.0 Å². The van der Waals surface area contributed by atoms with Crippen LogP contribution in [0.5, 0.6) is 5.75 Å². The Morgan fingerprint density at radius 2 is 1.84 bits per heavy atom. The molecule has 7 nitrogen and oxygen atoms in total. The second-order valence-electron chi connectivity index (χ2n) is 8.08. The molecular weight excluding hydrogens is 527 g/mol. The highest BCUT2D eigenvalue weighted by molar-refractivity contribution is 14.0. The van der Waals surface area contributed by atoms with Crippen LogP contribution in [-0.2, 0) is 16.4 Å². The van der Waals surface area contributed by atoms with Crippen LogP contribution in [0.1, 0.15) is 46.1 Å². The van der Waals surface area contributed by atoms with Crippen LogP contribution >= 0.6 is 24.0 Å². The molecule has 1 heterocycles. The first-order chi connectivity index (χ1) is 14.3. The van der Waals surface area contributed by atoms with Gasteiger partial charge in [-0.2, -0.15) is 0 Å². The van der Waals surface area contributed by atoms with E-state index in [9.17, 15) is 8.42 Å². The summed E-state index contributed by atoms with van der Waals surface area (Å²) in [5.41, 5.74) is 1.23. The molecule has 0 radical (unpaired) electrons. The van der Waals surface area contributed by atoms with E-state index in [-0.39, 0.29) is 35.8 Å². The van der Waals surface area contributed by atoms with Gasteiger partial charge in [0, 0.05) is 32.2 Å². The second kappa shape index (κ2) is 14.2. The van der Waals surface area contributed by atoms with E-state index in [1.54, 1.807) is 11.2 Å². The van der Waals surface area contributed by atoms with Crippen molar-refractivity contribution in [3.63, 3.8) is 0 Å². The second-order valence-corrected chi connectivity index (χ2v) is 10.3. The number of hydrogen-bond acceptors (Lipinski definition) is 4. The first-order valence-corrected chi connectivity index (χ1v) is 12.7. The minimum absolute atomic E-state index is 0. The molecule has 1 aliphatic heterocycles. The lowest BCUT2D eigenvalue weighted by molar-refractivity contribution is 0.271. The summed E-state index contributed by atoms with van der Waals surface area (Å²) in [6, 6.07) is 8.46. The molecular formula is C22H39IN4O3S. The number of benzene rings is 1. The van der Waals surface area contributed by atoms with Gasteiger partial charge in [-0.25, -0.2) is 12.7 Å². The fourth-order valence-corrected chi connectivity index (χ4v) is 4.42. The Morgan fingerprint density at radius 3 is 2.39 bits per heavy atom. The summed E-state index contributed by atoms with van der Waals surface area (Å²) in [5.74, 6) is 2.38. The molecule has 1 fully saturated rings. The SMILES string of the molecule is CCNC(=NCCc1ccc(OCC(C)C)cc1)NC1CCN(S(=O)(=O)CC)CC1.I. The van der Waals surface area contributed by atoms with Crippen LogP contribution in [0.3, 0.4) is 0 Å². The Bertz CT molecular complexity index is 761. The minimum atomic E-state index is -3.09. The third-order valence-electron chi connectivity index (χ3n) is 5.07. The summed E-state index contributed by atoms with van der Waals surface area (Å²) < 4.78 is 31.4. The highest BCUT2D eigenvalue weighted by Crippen LogP contribution is 2.15. The van der Waals surface area contributed by atoms with Gasteiger partial charge in [-0.1, -0.05) is 26.0 Å². The van der Waals surface area contributed by atoms with Gasteiger partial charge in [-0.3, -0.25) is 4.99 Å². The average molecular weight is 567 g/mol. The lowest BCUT2D eigenvalue weighted by Gasteiger charge is -2.32. The van der Waals surface area contributed by atoms with Crippen LogP contribution in [0.15, 0.2) is 29.3 Å². The van der Waals surface area contributed by atoms with Crippen molar-refractivity contribution >= 4 is 40.0 Å². The molecule has 1 aliphatic rings. The number of aliphatic imine (C=N–C) groups is 1. The number of guanidine groups is 1. The van der Waals surface area contributed by atoms with Crippen LogP contribution < -0.4 is 15.4 Å². The van der Waals surface area contributed by atoms with Crippen molar-refractivity contribution < 1.29 is 13.2 Å². The molecule has 9 heteroatoms. The Balaban J connectivity index is 0.00000480. The van der Waals surface area contributed by atoms with Crippen molar-refractivity contribution in [2.45, 2.75) is 53.0 Å². The fraction of sp³-hybridized carbons (Fsp3) is 0.682. The van der Waals surface area contributed by atoms with E-state index in [1.807, 2.05) is 19.1 Å². The minimum Gasteiger partial charge on any atom is -0.493 e. The zero-order valence-electron chi connectivity index (χ0n) is 19.3. The molecule has 0 amide bonds. The number of hydrogen-bond donors (Lipinski definition) is 2. The molecule has 0 atom stereocenters. The molecule has 0 aromatic heterocycles. The van der Waals surface area contributed by atoms with E-state index in [4.69, 9.17) is 9.73 Å². The number of nitrogens with one attached hydrogen (secondary N) is 2. The summed E-state index contributed by atoms with van der Waals surface area (Å²) in [6.45, 7) is 11.4. The maximum atomic E-state index is 12.0. The Hall–Kier alpha value is -1.07. The van der Waals surface area contributed by atoms with Gasteiger partial charge < -0.3 is 15.4 Å². The molecule has 2 rings (SSSR count). The van der Waals surface area contributed by atoms with Gasteiger partial charge in [0.15, 0.2) is 5.96 Å². The topological polar surface area (TPSA) is 83.0 Å². The Kier molecular flexibility index (Phi) is 12.8. The molecule has 0 aliphatic carbocycles. The predicted octanol–water partition coefficient (Wildman–Crippen LogP) is 3.25. The number of halogens is 1. The summed E-state index contributed by atoms with van der Waals surface area (Å²) >= 11 is 0. The van der Waals surface area contributed by atoms with E-state index in [1.165, 1.54) is 5.56 Å². The van der Waals surface area contributed by atoms with Crippen LogP contribution in [0, 0.1) is 5.92 Å². The van der Waals surface area contributed by atoms with Crippen molar-refractivity contribution in [1.29, 1.82) is 0 Å². The summed E-state index contributed by atoms with van der Waals surface area (Å²) in [6.07, 6.45) is 2.44. The smallest absolute Gasteiger partial charge is 0.213 e. The van der Waals surface area contributed by atoms with Gasteiger partial charge in [0.05, 0.1) is 12.4 Å². The van der Waals surface area contributed by atoms with E-state index >= 15 is 0 Å². The summed E-state index contributed by atoms with van der Waals surface area (Å²) in [5, 5.41) is 6.76. The third kappa shape index (κ3) is 9.95. The zero-order valence-corrected chi connectivity index (χ0v) is 22.4. The monoisotopic (exact) mass is 566 g/mol. The van der Waals surface area contributed by atoms with Crippen molar-refractivity contribution in [2.24, 2.45) is 10.9 Å². The van der Waals surface area contributed by atoms with E-state index in [0.29, 0.717) is 25.6 Å². The molecule has 178 valence electrons. The largest absolute Gasteiger partial charge is 0.493 e. The number of piperidine rings is 1. The zero-order chi connectivity index (χ0) is 22.0. The first kappa shape index (κ1) is 28.0. The van der Waals surface area contributed by atoms with Crippen LogP contribution in [0.25, 0.3) is 0 Å². The molecule has 1 saturated heterocycles. The Labute approximate surface area is 205 Å². The standard InChI is InChI=1S/C22H38N4O3S.HI/c1-5-23-22(25-20-12-15-26(16-13-20)30(27,28)6-2)24-14-11-19-7-9-21(10-8-19)29-17-18(3)4;/h7-10,18,20H,5-6,11-17H2,1-4H3,(H2,23,24,25);1H. The highest BCUT2D eigenvalue weighted by Gasteiger charge is 2.26. The predicted molar refractivity (Wildman–Crippen MR) is 139 cm³/mol. The first-order valence-electron chi connectivity index (χ1n) is 11.1. The number of sulfonamides is 1. The molecule has 1 aromatic rings. The molecule has 0 spiro atoms. The lowest BCUT2D eigenvalue weighted by atomic mass is 10.1. The van der Waals surface area contributed by atoms with Crippen molar-refractivity contribution in [2.75, 3.05) is 38.5 Å². The normalized spacial score (nSPS) is 16.1. The molecule has 1 aromatic carbocycles. The van der Waals surface area contributed by atoms with Gasteiger partial charge in [0.25, 0.3) is 0 Å². The number of rotatable bonds is 10. The van der Waals surface area contributed by atoms with Gasteiger partial charge >= 0.3 is 0 Å². The van der Waals surface area contributed by atoms with Gasteiger partial charge in [0.1, 0.15) is 5.75 Å². The van der Waals surface area contributed by atoms with Gasteiger partial charge in [-0.05, 0) is 56.7 Å². The van der Waals surface area contributed by atoms with Crippen LogP contribution in [-0.4, -0.2) is 63.3 Å². The average Bonchev–Trinajstić information content (AvgIpc) is 2.73. The van der Waals surface area contributed by atoms with Gasteiger partial charge in [0.2, 0.25) is 10.0 Å². The fourth-order valence-electron chi connectivity index (χ4n) is 3.29. The van der Waals surface area contributed by atoms with E-state index in [0.717, 1.165) is 44.1 Å². The third-order valence-corrected chi connectivity index (χ3v) is 6.96. The molecule has 0 bridgehead atoms. The molecule has 0 unspecified atom stereocenters. The number of ether oxygens (including phenoxy) is 1. The molecule has 2 N–H and O–H groups in total. The van der Waals surface area contributed by atoms with Crippen LogP contribution in [0.2, 0.25) is 0 Å². The van der Waals surface area contributed by atoms with Crippen molar-refractivity contribution in [3.05, 3.63) is 29.8 Å². The maximum absolute atomic E-state index is 12.0. The van der Waals surface area contributed by atoms with Crippen molar-refractivity contribution in [3.8, 4) is 5.75 Å². The lowest BCUT2D eigenvalue weighted by Crippen LogP contribution is -2.50.